The van der Waals surface area contributed by atoms with Crippen molar-refractivity contribution in [2.75, 3.05) is 20.8 Å². The molecule has 0 fully saturated rings. The molecule has 0 aliphatic heterocycles. The first-order valence-corrected chi connectivity index (χ1v) is 8.35. The van der Waals surface area contributed by atoms with Crippen LogP contribution in [-0.2, 0) is 11.2 Å². The van der Waals surface area contributed by atoms with E-state index in [9.17, 15) is 4.79 Å². The fraction of sp³-hybridized carbons (Fsp3) is 0.350. The molecular weight excluding hydrogens is 318 g/mol. The topological polar surface area (TPSA) is 56.8 Å². The molecule has 1 atom stereocenters. The Bertz CT molecular complexity index is 687. The van der Waals surface area contributed by atoms with E-state index >= 15 is 0 Å². The Balaban J connectivity index is 1.78. The van der Waals surface area contributed by atoms with Gasteiger partial charge < -0.3 is 19.5 Å². The zero-order valence-electron chi connectivity index (χ0n) is 15.0. The minimum atomic E-state index is -0.595. The second-order valence-corrected chi connectivity index (χ2v) is 5.62. The van der Waals surface area contributed by atoms with Crippen LogP contribution in [0.15, 0.2) is 48.5 Å². The van der Waals surface area contributed by atoms with Crippen molar-refractivity contribution < 1.29 is 19.0 Å². The predicted octanol–water partition coefficient (Wildman–Crippen LogP) is 3.22. The number of amides is 1. The largest absolute Gasteiger partial charge is 0.496 e. The van der Waals surface area contributed by atoms with Gasteiger partial charge in [0.2, 0.25) is 0 Å². The number of methoxy groups -OCH3 is 2. The molecule has 0 aromatic heterocycles. The molecule has 1 N–H and O–H groups in total. The van der Waals surface area contributed by atoms with Gasteiger partial charge in [-0.25, -0.2) is 0 Å². The van der Waals surface area contributed by atoms with E-state index in [0.717, 1.165) is 24.2 Å². The van der Waals surface area contributed by atoms with Crippen molar-refractivity contribution in [2.24, 2.45) is 0 Å². The van der Waals surface area contributed by atoms with Gasteiger partial charge in [0.1, 0.15) is 5.75 Å². The van der Waals surface area contributed by atoms with Gasteiger partial charge in [0.25, 0.3) is 5.91 Å². The molecule has 1 amide bonds. The second-order valence-electron chi connectivity index (χ2n) is 5.62. The number of rotatable bonds is 9. The van der Waals surface area contributed by atoms with Crippen LogP contribution < -0.4 is 19.5 Å². The summed E-state index contributed by atoms with van der Waals surface area (Å²) in [6, 6.07) is 15.2. The van der Waals surface area contributed by atoms with E-state index in [-0.39, 0.29) is 5.91 Å². The molecule has 5 heteroatoms. The number of carbonyl (C=O) groups excluding carboxylic acids is 1. The second kappa shape index (κ2) is 9.57. The molecule has 25 heavy (non-hydrogen) atoms. The molecule has 5 nitrogen and oxygen atoms in total. The zero-order valence-corrected chi connectivity index (χ0v) is 15.0. The number of benzene rings is 2. The van der Waals surface area contributed by atoms with E-state index in [1.165, 1.54) is 0 Å². The Morgan fingerprint density at radius 3 is 2.24 bits per heavy atom. The zero-order chi connectivity index (χ0) is 18.1. The first-order valence-electron chi connectivity index (χ1n) is 8.35. The minimum absolute atomic E-state index is 0.147. The van der Waals surface area contributed by atoms with Gasteiger partial charge in [-0.15, -0.1) is 0 Å². The maximum absolute atomic E-state index is 12.2. The lowest BCUT2D eigenvalue weighted by molar-refractivity contribution is -0.127. The summed E-state index contributed by atoms with van der Waals surface area (Å²) in [5.41, 5.74) is 1.14. The molecule has 2 aromatic rings. The van der Waals surface area contributed by atoms with Crippen LogP contribution in [0.2, 0.25) is 0 Å². The third kappa shape index (κ3) is 5.41. The van der Waals surface area contributed by atoms with Gasteiger partial charge in [-0.3, -0.25) is 4.79 Å². The molecule has 0 saturated heterocycles. The lowest BCUT2D eigenvalue weighted by atomic mass is 10.1. The van der Waals surface area contributed by atoms with Crippen molar-refractivity contribution in [3.8, 4) is 17.2 Å². The summed E-state index contributed by atoms with van der Waals surface area (Å²) in [6.45, 7) is 2.30. The van der Waals surface area contributed by atoms with Crippen LogP contribution >= 0.6 is 0 Å². The van der Waals surface area contributed by atoms with Gasteiger partial charge in [-0.05, 0) is 43.5 Å². The molecule has 0 aliphatic carbocycles. The number of ether oxygens (including phenoxy) is 3. The molecule has 0 unspecified atom stereocenters. The van der Waals surface area contributed by atoms with Gasteiger partial charge in [0.05, 0.1) is 14.2 Å². The summed E-state index contributed by atoms with van der Waals surface area (Å²) in [6.07, 6.45) is 1.07. The standard InChI is InChI=1S/C20H25NO4/c1-15(25-19-13-7-6-12-18(19)24-3)20(22)21-14-8-10-16-9-4-5-11-17(16)23-2/h4-7,9,11-13,15H,8,10,14H2,1-3H3,(H,21,22)/t15-/m0/s1. The minimum Gasteiger partial charge on any atom is -0.496 e. The highest BCUT2D eigenvalue weighted by atomic mass is 16.5. The van der Waals surface area contributed by atoms with E-state index in [1.807, 2.05) is 36.4 Å². The molecule has 0 radical (unpaired) electrons. The van der Waals surface area contributed by atoms with Crippen molar-refractivity contribution >= 4 is 5.91 Å². The number of nitrogens with one attached hydrogen (secondary N) is 1. The van der Waals surface area contributed by atoms with Gasteiger partial charge in [-0.1, -0.05) is 30.3 Å². The van der Waals surface area contributed by atoms with Crippen LogP contribution in [0.3, 0.4) is 0 Å². The Hall–Kier alpha value is -2.69. The highest BCUT2D eigenvalue weighted by molar-refractivity contribution is 5.80. The molecule has 0 aliphatic rings. The van der Waals surface area contributed by atoms with Crippen LogP contribution in [-0.4, -0.2) is 32.8 Å². The summed E-state index contributed by atoms with van der Waals surface area (Å²) < 4.78 is 16.3. The smallest absolute Gasteiger partial charge is 0.260 e. The summed E-state index contributed by atoms with van der Waals surface area (Å²) in [7, 11) is 3.24. The molecule has 2 aromatic carbocycles. The molecule has 0 spiro atoms. The van der Waals surface area contributed by atoms with E-state index in [1.54, 1.807) is 33.3 Å². The summed E-state index contributed by atoms with van der Waals surface area (Å²) in [5, 5.41) is 2.90. The van der Waals surface area contributed by atoms with Gasteiger partial charge >= 0.3 is 0 Å². The molecule has 0 bridgehead atoms. The highest BCUT2D eigenvalue weighted by Crippen LogP contribution is 2.26. The first kappa shape index (κ1) is 18.6. The normalized spacial score (nSPS) is 11.5. The van der Waals surface area contributed by atoms with Gasteiger partial charge in [0.15, 0.2) is 17.6 Å². The molecule has 134 valence electrons. The molecule has 0 saturated carbocycles. The van der Waals surface area contributed by atoms with Gasteiger partial charge in [0, 0.05) is 6.54 Å². The maximum Gasteiger partial charge on any atom is 0.260 e. The average Bonchev–Trinajstić information content (AvgIpc) is 2.65. The Morgan fingerprint density at radius 2 is 1.56 bits per heavy atom. The van der Waals surface area contributed by atoms with E-state index < -0.39 is 6.10 Å². The van der Waals surface area contributed by atoms with Crippen LogP contribution in [0.1, 0.15) is 18.9 Å². The number of aryl methyl sites for hydroxylation is 1. The molecular formula is C20H25NO4. The monoisotopic (exact) mass is 343 g/mol. The highest BCUT2D eigenvalue weighted by Gasteiger charge is 2.16. The fourth-order valence-electron chi connectivity index (χ4n) is 2.50. The third-order valence-electron chi connectivity index (χ3n) is 3.86. The summed E-state index contributed by atoms with van der Waals surface area (Å²) >= 11 is 0. The van der Waals surface area contributed by atoms with E-state index in [0.29, 0.717) is 18.0 Å². The predicted molar refractivity (Wildman–Crippen MR) is 97.4 cm³/mol. The van der Waals surface area contributed by atoms with Crippen molar-refractivity contribution in [3.63, 3.8) is 0 Å². The lowest BCUT2D eigenvalue weighted by Crippen LogP contribution is -2.37. The molecule has 2 rings (SSSR count). The fourth-order valence-corrected chi connectivity index (χ4v) is 2.50. The maximum atomic E-state index is 12.2. The third-order valence-corrected chi connectivity index (χ3v) is 3.86. The van der Waals surface area contributed by atoms with Crippen LogP contribution in [0.4, 0.5) is 0 Å². The van der Waals surface area contributed by atoms with Crippen LogP contribution in [0.25, 0.3) is 0 Å². The Labute approximate surface area is 148 Å². The lowest BCUT2D eigenvalue weighted by Gasteiger charge is -2.16. The SMILES string of the molecule is COc1ccccc1CCCNC(=O)[C@H](C)Oc1ccccc1OC. The van der Waals surface area contributed by atoms with E-state index in [2.05, 4.69) is 5.32 Å². The number of carbonyl (C=O) groups is 1. The Morgan fingerprint density at radius 1 is 0.960 bits per heavy atom. The van der Waals surface area contributed by atoms with Crippen molar-refractivity contribution in [1.29, 1.82) is 0 Å². The number of para-hydroxylation sites is 3. The number of hydrogen-bond acceptors (Lipinski definition) is 4. The molecule has 0 heterocycles. The first-order chi connectivity index (χ1) is 12.2. The van der Waals surface area contributed by atoms with Crippen molar-refractivity contribution in [1.82, 2.24) is 5.32 Å². The quantitative estimate of drug-likeness (QED) is 0.710. The number of hydrogen-bond donors (Lipinski definition) is 1. The van der Waals surface area contributed by atoms with Gasteiger partial charge in [-0.2, -0.15) is 0 Å². The van der Waals surface area contributed by atoms with E-state index in [4.69, 9.17) is 14.2 Å². The average molecular weight is 343 g/mol. The summed E-state index contributed by atoms with van der Waals surface area (Å²) in [5.74, 6) is 1.90. The van der Waals surface area contributed by atoms with Crippen molar-refractivity contribution in [2.45, 2.75) is 25.9 Å². The summed E-state index contributed by atoms with van der Waals surface area (Å²) in [4.78, 5) is 12.2. The van der Waals surface area contributed by atoms with Crippen molar-refractivity contribution in [3.05, 3.63) is 54.1 Å². The Kier molecular flexibility index (Phi) is 7.14. The van der Waals surface area contributed by atoms with Crippen LogP contribution in [0.5, 0.6) is 17.2 Å². The van der Waals surface area contributed by atoms with Crippen LogP contribution in [0, 0.1) is 0 Å².